The highest BCUT2D eigenvalue weighted by molar-refractivity contribution is 4.92. The number of hydrogen-bond donors (Lipinski definition) is 0. The monoisotopic (exact) mass is 542 g/mol. The molecule has 0 bridgehead atoms. The van der Waals surface area contributed by atoms with E-state index >= 15 is 0 Å². The average Bonchev–Trinajstić information content (AvgIpc) is 2.71. The van der Waals surface area contributed by atoms with E-state index in [9.17, 15) is 0 Å². The van der Waals surface area contributed by atoms with Gasteiger partial charge in [-0.1, -0.05) is 90.0 Å². The molecule has 0 saturated carbocycles. The highest BCUT2D eigenvalue weighted by Gasteiger charge is 2.44. The van der Waals surface area contributed by atoms with E-state index in [1.165, 1.54) is 0 Å². The van der Waals surface area contributed by atoms with E-state index in [0.717, 1.165) is 13.0 Å². The van der Waals surface area contributed by atoms with E-state index in [-0.39, 0.29) is 32.9 Å². The molecule has 0 amide bonds. The average molecular weight is 542 g/mol. The first-order valence-corrected chi connectivity index (χ1v) is 15.1. The van der Waals surface area contributed by atoms with Crippen LogP contribution < -0.4 is 0 Å². The van der Waals surface area contributed by atoms with Gasteiger partial charge in [-0.3, -0.25) is 4.90 Å². The zero-order valence-electron chi connectivity index (χ0n) is 29.7. The molecular formula is C34H71NO3. The van der Waals surface area contributed by atoms with Crippen LogP contribution in [0.3, 0.4) is 0 Å². The minimum atomic E-state index is -0.426. The summed E-state index contributed by atoms with van der Waals surface area (Å²) >= 11 is 0. The SMILES string of the molecule is CC(CC(C)(C)OCC(C)C(C)(C)C(C)(C)OCN(C)C(C)(C)OCC(C)C(C)(C)C(C)(C)C)C(C)(C)C. The first kappa shape index (κ1) is 37.8. The van der Waals surface area contributed by atoms with Gasteiger partial charge in [0.25, 0.3) is 0 Å². The van der Waals surface area contributed by atoms with E-state index in [4.69, 9.17) is 14.2 Å². The fourth-order valence-electron chi connectivity index (χ4n) is 4.24. The molecule has 0 aliphatic carbocycles. The number of hydrogen-bond acceptors (Lipinski definition) is 4. The molecule has 0 aliphatic rings. The first-order chi connectivity index (χ1) is 16.5. The summed E-state index contributed by atoms with van der Waals surface area (Å²) in [5.41, 5.74) is -0.341. The molecule has 0 aliphatic heterocycles. The Bertz CT molecular complexity index is 706. The molecule has 0 radical (unpaired) electrons. The highest BCUT2D eigenvalue weighted by atomic mass is 16.5. The summed E-state index contributed by atoms with van der Waals surface area (Å²) in [6, 6.07) is 0. The maximum absolute atomic E-state index is 6.62. The lowest BCUT2D eigenvalue weighted by molar-refractivity contribution is -0.212. The maximum Gasteiger partial charge on any atom is 0.117 e. The lowest BCUT2D eigenvalue weighted by atomic mass is 9.63. The van der Waals surface area contributed by atoms with Crippen molar-refractivity contribution in [2.75, 3.05) is 27.0 Å². The lowest BCUT2D eigenvalue weighted by Crippen LogP contribution is -2.52. The third kappa shape index (κ3) is 10.3. The van der Waals surface area contributed by atoms with Crippen molar-refractivity contribution in [2.45, 2.75) is 155 Å². The van der Waals surface area contributed by atoms with Crippen molar-refractivity contribution in [3.63, 3.8) is 0 Å². The van der Waals surface area contributed by atoms with Crippen LogP contribution in [0.5, 0.6) is 0 Å². The molecule has 4 heteroatoms. The Morgan fingerprint density at radius 1 is 0.553 bits per heavy atom. The summed E-state index contributed by atoms with van der Waals surface area (Å²) in [4.78, 5) is 2.18. The normalized spacial score (nSPS) is 17.6. The number of nitrogens with zero attached hydrogens (tertiary/aromatic N) is 1. The molecule has 0 aromatic carbocycles. The fraction of sp³-hybridized carbons (Fsp3) is 1.00. The summed E-state index contributed by atoms with van der Waals surface area (Å²) in [7, 11) is 2.09. The Kier molecular flexibility index (Phi) is 12.7. The topological polar surface area (TPSA) is 30.9 Å². The largest absolute Gasteiger partial charge is 0.375 e. The molecule has 0 aromatic heterocycles. The van der Waals surface area contributed by atoms with Crippen LogP contribution in [-0.4, -0.2) is 48.8 Å². The maximum atomic E-state index is 6.62. The second-order valence-corrected chi connectivity index (χ2v) is 17.3. The van der Waals surface area contributed by atoms with E-state index in [1.807, 2.05) is 0 Å². The van der Waals surface area contributed by atoms with Crippen molar-refractivity contribution in [3.8, 4) is 0 Å². The van der Waals surface area contributed by atoms with Crippen LogP contribution >= 0.6 is 0 Å². The van der Waals surface area contributed by atoms with Crippen LogP contribution in [-0.2, 0) is 14.2 Å². The molecule has 0 heterocycles. The van der Waals surface area contributed by atoms with Crippen molar-refractivity contribution in [3.05, 3.63) is 0 Å². The van der Waals surface area contributed by atoms with Gasteiger partial charge in [-0.2, -0.15) is 0 Å². The Labute approximate surface area is 240 Å². The molecule has 3 atom stereocenters. The van der Waals surface area contributed by atoms with Crippen LogP contribution in [0.15, 0.2) is 0 Å². The van der Waals surface area contributed by atoms with Gasteiger partial charge in [-0.25, -0.2) is 0 Å². The zero-order chi connectivity index (χ0) is 30.8. The van der Waals surface area contributed by atoms with Crippen LogP contribution in [0.25, 0.3) is 0 Å². The van der Waals surface area contributed by atoms with E-state index < -0.39 is 5.72 Å². The van der Waals surface area contributed by atoms with Gasteiger partial charge in [0.05, 0.1) is 24.4 Å². The van der Waals surface area contributed by atoms with Crippen molar-refractivity contribution in [2.24, 2.45) is 39.4 Å². The molecule has 0 spiro atoms. The smallest absolute Gasteiger partial charge is 0.117 e. The first-order valence-electron chi connectivity index (χ1n) is 15.1. The van der Waals surface area contributed by atoms with E-state index in [2.05, 4.69) is 143 Å². The van der Waals surface area contributed by atoms with Gasteiger partial charge in [0.2, 0.25) is 0 Å². The van der Waals surface area contributed by atoms with Crippen LogP contribution in [0, 0.1) is 39.4 Å². The Hall–Kier alpha value is -0.160. The molecule has 0 rings (SSSR count). The molecular weight excluding hydrogens is 470 g/mol. The van der Waals surface area contributed by atoms with Crippen LogP contribution in [0.4, 0.5) is 0 Å². The standard InChI is InChI=1S/C34H71NO3/c1-25(28(4,5)6)21-30(10,11)36-22-27(3)32(14,15)33(16,17)38-24-35(20)34(18,19)37-23-26(2)31(12,13)29(7,8)9/h25-27H,21-24H2,1-20H3. The number of ether oxygens (including phenoxy) is 3. The third-order valence-corrected chi connectivity index (χ3v) is 11.2. The predicted octanol–water partition coefficient (Wildman–Crippen LogP) is 9.66. The van der Waals surface area contributed by atoms with Gasteiger partial charge in [0, 0.05) is 0 Å². The minimum absolute atomic E-state index is 0.0875. The second-order valence-electron chi connectivity index (χ2n) is 17.3. The van der Waals surface area contributed by atoms with Crippen LogP contribution in [0.1, 0.15) is 138 Å². The minimum Gasteiger partial charge on any atom is -0.375 e. The van der Waals surface area contributed by atoms with Gasteiger partial charge in [0.15, 0.2) is 0 Å². The molecule has 0 aromatic rings. The molecule has 3 unspecified atom stereocenters. The summed E-state index contributed by atoms with van der Waals surface area (Å²) < 4.78 is 19.7. The third-order valence-electron chi connectivity index (χ3n) is 11.2. The van der Waals surface area contributed by atoms with Crippen molar-refractivity contribution < 1.29 is 14.2 Å². The molecule has 4 nitrogen and oxygen atoms in total. The fourth-order valence-corrected chi connectivity index (χ4v) is 4.24. The predicted molar refractivity (Wildman–Crippen MR) is 166 cm³/mol. The van der Waals surface area contributed by atoms with Crippen molar-refractivity contribution >= 4 is 0 Å². The molecule has 230 valence electrons. The van der Waals surface area contributed by atoms with E-state index in [0.29, 0.717) is 31.1 Å². The zero-order valence-corrected chi connectivity index (χ0v) is 29.7. The highest BCUT2D eigenvalue weighted by Crippen LogP contribution is 2.45. The van der Waals surface area contributed by atoms with Gasteiger partial charge >= 0.3 is 0 Å². The van der Waals surface area contributed by atoms with Gasteiger partial charge in [-0.05, 0) is 94.4 Å². The molecule has 38 heavy (non-hydrogen) atoms. The summed E-state index contributed by atoms with van der Waals surface area (Å²) in [5, 5.41) is 0. The molecule has 0 N–H and O–H groups in total. The quantitative estimate of drug-likeness (QED) is 0.193. The van der Waals surface area contributed by atoms with Crippen LogP contribution in [0.2, 0.25) is 0 Å². The van der Waals surface area contributed by atoms with Crippen molar-refractivity contribution in [1.82, 2.24) is 4.90 Å². The second kappa shape index (κ2) is 12.8. The lowest BCUT2D eigenvalue weighted by Gasteiger charge is -2.48. The van der Waals surface area contributed by atoms with E-state index in [1.54, 1.807) is 0 Å². The summed E-state index contributed by atoms with van der Waals surface area (Å²) in [6.07, 6.45) is 1.05. The summed E-state index contributed by atoms with van der Waals surface area (Å²) in [6.45, 7) is 45.3. The Balaban J connectivity index is 5.14. The van der Waals surface area contributed by atoms with Gasteiger partial charge in [0.1, 0.15) is 12.5 Å². The Morgan fingerprint density at radius 3 is 1.39 bits per heavy atom. The molecule has 0 fully saturated rings. The Morgan fingerprint density at radius 2 is 0.974 bits per heavy atom. The van der Waals surface area contributed by atoms with Gasteiger partial charge in [-0.15, -0.1) is 0 Å². The van der Waals surface area contributed by atoms with Gasteiger partial charge < -0.3 is 14.2 Å². The number of rotatable bonds is 15. The molecule has 0 saturated heterocycles. The van der Waals surface area contributed by atoms with Crippen molar-refractivity contribution in [1.29, 1.82) is 0 Å². The summed E-state index contributed by atoms with van der Waals surface area (Å²) in [5.74, 6) is 1.35.